The third kappa shape index (κ3) is 4.04. The van der Waals surface area contributed by atoms with Gasteiger partial charge in [-0.3, -0.25) is 0 Å². The van der Waals surface area contributed by atoms with Crippen molar-refractivity contribution in [2.45, 2.75) is 0 Å². The van der Waals surface area contributed by atoms with Gasteiger partial charge in [0.05, 0.1) is 0 Å². The molecule has 28 heavy (non-hydrogen) atoms. The van der Waals surface area contributed by atoms with Crippen molar-refractivity contribution < 1.29 is 0 Å². The van der Waals surface area contributed by atoms with Crippen molar-refractivity contribution in [3.63, 3.8) is 0 Å². The third-order valence-corrected chi connectivity index (χ3v) is 4.48. The first-order valence-electron chi connectivity index (χ1n) is 9.23. The minimum Gasteiger partial charge on any atom is -0.0622 e. The van der Waals surface area contributed by atoms with Crippen LogP contribution in [-0.4, -0.2) is 0 Å². The topological polar surface area (TPSA) is 0 Å². The highest BCUT2D eigenvalue weighted by atomic mass is 14.0. The summed E-state index contributed by atoms with van der Waals surface area (Å²) in [5.41, 5.74) is 6.55. The predicted molar refractivity (Wildman–Crippen MR) is 118 cm³/mol. The molecular formula is C28H18. The van der Waals surface area contributed by atoms with Gasteiger partial charge in [-0.25, -0.2) is 0 Å². The number of benzene rings is 4. The van der Waals surface area contributed by atoms with Crippen LogP contribution < -0.4 is 0 Å². The van der Waals surface area contributed by atoms with Crippen molar-refractivity contribution in [3.05, 3.63) is 120 Å². The van der Waals surface area contributed by atoms with Crippen LogP contribution in [0.15, 0.2) is 109 Å². The van der Waals surface area contributed by atoms with Crippen LogP contribution in [0.5, 0.6) is 0 Å². The Morgan fingerprint density at radius 2 is 0.714 bits per heavy atom. The summed E-state index contributed by atoms with van der Waals surface area (Å²) in [4.78, 5) is 0. The van der Waals surface area contributed by atoms with Gasteiger partial charge in [0.15, 0.2) is 0 Å². The summed E-state index contributed by atoms with van der Waals surface area (Å²) in [6.45, 7) is 0. The van der Waals surface area contributed by atoms with Crippen LogP contribution in [0.25, 0.3) is 22.3 Å². The molecule has 0 atom stereocenters. The zero-order valence-electron chi connectivity index (χ0n) is 15.4. The molecule has 4 aromatic rings. The van der Waals surface area contributed by atoms with E-state index in [1.165, 1.54) is 0 Å². The molecule has 0 unspecified atom stereocenters. The monoisotopic (exact) mass is 354 g/mol. The molecule has 0 aliphatic carbocycles. The van der Waals surface area contributed by atoms with E-state index in [9.17, 15) is 0 Å². The van der Waals surface area contributed by atoms with Gasteiger partial charge in [-0.2, -0.15) is 0 Å². The maximum Gasteiger partial charge on any atom is 0.0334 e. The van der Waals surface area contributed by atoms with Crippen molar-refractivity contribution in [3.8, 4) is 45.9 Å². The summed E-state index contributed by atoms with van der Waals surface area (Å²) >= 11 is 0. The summed E-state index contributed by atoms with van der Waals surface area (Å²) in [6, 6.07) is 37.0. The van der Waals surface area contributed by atoms with E-state index in [2.05, 4.69) is 60.1 Å². The molecule has 0 heterocycles. The lowest BCUT2D eigenvalue weighted by Gasteiger charge is -2.04. The van der Waals surface area contributed by atoms with E-state index in [-0.39, 0.29) is 0 Å². The van der Waals surface area contributed by atoms with Crippen LogP contribution in [0.2, 0.25) is 0 Å². The van der Waals surface area contributed by atoms with E-state index < -0.39 is 0 Å². The molecule has 0 radical (unpaired) electrons. The highest BCUT2D eigenvalue weighted by molar-refractivity contribution is 5.73. The maximum absolute atomic E-state index is 3.22. The van der Waals surface area contributed by atoms with E-state index in [0.717, 1.165) is 33.4 Å². The molecule has 0 heteroatoms. The Bertz CT molecular complexity index is 1100. The van der Waals surface area contributed by atoms with E-state index in [1.54, 1.807) is 0 Å². The van der Waals surface area contributed by atoms with Gasteiger partial charge in [-0.15, -0.1) is 0 Å². The smallest absolute Gasteiger partial charge is 0.0334 e. The van der Waals surface area contributed by atoms with Crippen molar-refractivity contribution >= 4 is 0 Å². The second-order valence-corrected chi connectivity index (χ2v) is 6.32. The van der Waals surface area contributed by atoms with Crippen LogP contribution >= 0.6 is 0 Å². The van der Waals surface area contributed by atoms with Gasteiger partial charge >= 0.3 is 0 Å². The van der Waals surface area contributed by atoms with Crippen molar-refractivity contribution in [1.29, 1.82) is 0 Å². The van der Waals surface area contributed by atoms with Crippen LogP contribution in [0.3, 0.4) is 0 Å². The van der Waals surface area contributed by atoms with Gasteiger partial charge < -0.3 is 0 Å². The fraction of sp³-hybridized carbons (Fsp3) is 0. The number of hydrogen-bond donors (Lipinski definition) is 0. The molecule has 0 saturated heterocycles. The fourth-order valence-electron chi connectivity index (χ4n) is 3.12. The summed E-state index contributed by atoms with van der Waals surface area (Å²) in [5.74, 6) is 12.5. The van der Waals surface area contributed by atoms with Crippen molar-refractivity contribution in [1.82, 2.24) is 0 Å². The molecule has 4 rings (SSSR count). The Balaban J connectivity index is 1.65. The first kappa shape index (κ1) is 17.4. The number of rotatable bonds is 2. The summed E-state index contributed by atoms with van der Waals surface area (Å²) in [5, 5.41) is 0. The lowest BCUT2D eigenvalue weighted by Crippen LogP contribution is -1.84. The molecule has 4 aromatic carbocycles. The van der Waals surface area contributed by atoms with E-state index in [0.29, 0.717) is 0 Å². The van der Waals surface area contributed by atoms with Gasteiger partial charge in [0, 0.05) is 11.1 Å². The fourth-order valence-corrected chi connectivity index (χ4v) is 3.12. The van der Waals surface area contributed by atoms with Crippen molar-refractivity contribution in [2.24, 2.45) is 0 Å². The minimum atomic E-state index is 0.986. The summed E-state index contributed by atoms with van der Waals surface area (Å²) < 4.78 is 0. The lowest BCUT2D eigenvalue weighted by molar-refractivity contribution is 1.58. The molecule has 0 saturated carbocycles. The Morgan fingerprint density at radius 1 is 0.357 bits per heavy atom. The first-order valence-corrected chi connectivity index (χ1v) is 9.23. The van der Waals surface area contributed by atoms with E-state index in [1.807, 2.05) is 72.8 Å². The van der Waals surface area contributed by atoms with Crippen LogP contribution in [0.1, 0.15) is 11.1 Å². The van der Waals surface area contributed by atoms with Gasteiger partial charge in [-0.05, 0) is 46.2 Å². The Labute approximate surface area is 166 Å². The number of hydrogen-bond acceptors (Lipinski definition) is 0. The average molecular weight is 354 g/mol. The molecule has 0 spiro atoms. The first-order chi connectivity index (χ1) is 13.9. The third-order valence-electron chi connectivity index (χ3n) is 4.48. The highest BCUT2D eigenvalue weighted by Gasteiger charge is 2.02. The van der Waals surface area contributed by atoms with E-state index >= 15 is 0 Å². The van der Waals surface area contributed by atoms with Gasteiger partial charge in [-0.1, -0.05) is 109 Å². The lowest BCUT2D eigenvalue weighted by atomic mass is 10.00. The van der Waals surface area contributed by atoms with Crippen LogP contribution in [-0.2, 0) is 0 Å². The molecule has 0 amide bonds. The molecule has 0 aliphatic rings. The second-order valence-electron chi connectivity index (χ2n) is 6.32. The Kier molecular flexibility index (Phi) is 5.34. The Morgan fingerprint density at radius 3 is 1.14 bits per heavy atom. The SMILES string of the molecule is C(C#Cc1ccccc1-c1ccccc1)#Cc1ccccc1-c1ccccc1. The predicted octanol–water partition coefficient (Wildman–Crippen LogP) is 6.42. The molecule has 0 N–H and O–H groups in total. The second kappa shape index (κ2) is 8.59. The molecule has 0 nitrogen and oxygen atoms in total. The average Bonchev–Trinajstić information content (AvgIpc) is 2.78. The van der Waals surface area contributed by atoms with Crippen molar-refractivity contribution in [2.75, 3.05) is 0 Å². The zero-order valence-corrected chi connectivity index (χ0v) is 15.4. The molecule has 130 valence electrons. The van der Waals surface area contributed by atoms with Gasteiger partial charge in [0.25, 0.3) is 0 Å². The van der Waals surface area contributed by atoms with E-state index in [4.69, 9.17) is 0 Å². The standard InChI is InChI=1S/C28H18/c1-3-13-23(14-4-1)27-21-11-9-19-25(27)17-7-8-18-26-20-10-12-22-28(26)24-15-5-2-6-16-24/h1-6,9-16,19-22H. The van der Waals surface area contributed by atoms with Gasteiger partial charge in [0.2, 0.25) is 0 Å². The summed E-state index contributed by atoms with van der Waals surface area (Å²) in [6.07, 6.45) is 0. The highest BCUT2D eigenvalue weighted by Crippen LogP contribution is 2.23. The van der Waals surface area contributed by atoms with Crippen LogP contribution in [0.4, 0.5) is 0 Å². The molecule has 0 fully saturated rings. The normalized spacial score (nSPS) is 9.57. The quantitative estimate of drug-likeness (QED) is 0.364. The Hall–Kier alpha value is -4.00. The van der Waals surface area contributed by atoms with Gasteiger partial charge in [0.1, 0.15) is 0 Å². The van der Waals surface area contributed by atoms with Crippen LogP contribution in [0, 0.1) is 23.7 Å². The largest absolute Gasteiger partial charge is 0.0622 e. The molecule has 0 aromatic heterocycles. The molecule has 0 aliphatic heterocycles. The molecule has 0 bridgehead atoms. The summed E-state index contributed by atoms with van der Waals surface area (Å²) in [7, 11) is 0. The maximum atomic E-state index is 3.22. The molecular weight excluding hydrogens is 336 g/mol. The zero-order chi connectivity index (χ0) is 19.0. The minimum absolute atomic E-state index is 0.986.